The largest absolute Gasteiger partial charge is 0.492 e. The minimum Gasteiger partial charge on any atom is -0.492 e. The van der Waals surface area contributed by atoms with Crippen molar-refractivity contribution in [2.45, 2.75) is 19.9 Å². The molecule has 0 spiro atoms. The van der Waals surface area contributed by atoms with E-state index in [1.54, 1.807) is 12.1 Å². The topological polar surface area (TPSA) is 75.7 Å². The van der Waals surface area contributed by atoms with Gasteiger partial charge in [-0.25, -0.2) is 17.2 Å². The molecular formula is C19H22F2N2O4S. The Balaban J connectivity index is 2.01. The summed E-state index contributed by atoms with van der Waals surface area (Å²) in [5.41, 5.74) is 0.951. The summed E-state index contributed by atoms with van der Waals surface area (Å²) in [7, 11) is -3.92. The van der Waals surface area contributed by atoms with Gasteiger partial charge in [0.25, 0.3) is 0 Å². The second kappa shape index (κ2) is 9.01. The molecule has 6 nitrogen and oxygen atoms in total. The predicted octanol–water partition coefficient (Wildman–Crippen LogP) is 2.62. The number of benzene rings is 2. The Morgan fingerprint density at radius 1 is 1.14 bits per heavy atom. The van der Waals surface area contributed by atoms with E-state index in [1.165, 1.54) is 6.92 Å². The molecule has 1 amide bonds. The van der Waals surface area contributed by atoms with Crippen LogP contribution in [0, 0.1) is 18.6 Å². The molecule has 0 saturated heterocycles. The van der Waals surface area contributed by atoms with Gasteiger partial charge in [0.05, 0.1) is 18.5 Å². The van der Waals surface area contributed by atoms with E-state index < -0.39 is 33.6 Å². The van der Waals surface area contributed by atoms with Gasteiger partial charge in [-0.05, 0) is 38.1 Å². The van der Waals surface area contributed by atoms with Crippen molar-refractivity contribution < 1.29 is 26.7 Å². The van der Waals surface area contributed by atoms with E-state index in [9.17, 15) is 22.0 Å². The molecule has 9 heteroatoms. The Morgan fingerprint density at radius 2 is 1.79 bits per heavy atom. The van der Waals surface area contributed by atoms with E-state index in [2.05, 4.69) is 5.32 Å². The molecule has 0 unspecified atom stereocenters. The van der Waals surface area contributed by atoms with Crippen LogP contribution < -0.4 is 14.4 Å². The standard InChI is InChI=1S/C19H22F2N2O4S/c1-13-4-7-16(8-5-13)27-11-10-22-19(24)14(2)23(28(3,25)26)15-6-9-17(20)18(21)12-15/h4-9,12,14H,10-11H2,1-3H3,(H,22,24)/t14-/m0/s1. The minimum absolute atomic E-state index is 0.139. The van der Waals surface area contributed by atoms with Crippen LogP contribution in [0.4, 0.5) is 14.5 Å². The lowest BCUT2D eigenvalue weighted by molar-refractivity contribution is -0.121. The number of carbonyl (C=O) groups excluding carboxylic acids is 1. The molecule has 1 atom stereocenters. The monoisotopic (exact) mass is 412 g/mol. The molecule has 0 saturated carbocycles. The van der Waals surface area contributed by atoms with Gasteiger partial charge in [0.1, 0.15) is 18.4 Å². The van der Waals surface area contributed by atoms with Crippen LogP contribution >= 0.6 is 0 Å². The Bertz CT molecular complexity index is 933. The van der Waals surface area contributed by atoms with Crippen molar-refractivity contribution in [2.75, 3.05) is 23.7 Å². The number of rotatable bonds is 8. The predicted molar refractivity (Wildman–Crippen MR) is 103 cm³/mol. The summed E-state index contributed by atoms with van der Waals surface area (Å²) >= 11 is 0. The summed E-state index contributed by atoms with van der Waals surface area (Å²) in [6, 6.07) is 8.86. The highest BCUT2D eigenvalue weighted by atomic mass is 32.2. The van der Waals surface area contributed by atoms with E-state index in [0.29, 0.717) is 5.75 Å². The zero-order valence-corrected chi connectivity index (χ0v) is 16.6. The zero-order chi connectivity index (χ0) is 20.9. The van der Waals surface area contributed by atoms with Crippen molar-refractivity contribution in [3.63, 3.8) is 0 Å². The number of nitrogens with one attached hydrogen (secondary N) is 1. The number of nitrogens with zero attached hydrogens (tertiary/aromatic N) is 1. The molecule has 152 valence electrons. The van der Waals surface area contributed by atoms with Crippen molar-refractivity contribution in [3.05, 3.63) is 59.7 Å². The Kier molecular flexibility index (Phi) is 6.95. The summed E-state index contributed by atoms with van der Waals surface area (Å²) in [6.07, 6.45) is 0.887. The van der Waals surface area contributed by atoms with Gasteiger partial charge in [0.15, 0.2) is 11.6 Å². The van der Waals surface area contributed by atoms with Crippen LogP contribution in [0.15, 0.2) is 42.5 Å². The van der Waals surface area contributed by atoms with Crippen LogP contribution in [-0.2, 0) is 14.8 Å². The maximum atomic E-state index is 13.5. The molecule has 2 aromatic carbocycles. The van der Waals surface area contributed by atoms with E-state index in [4.69, 9.17) is 4.74 Å². The third-order valence-corrected chi connectivity index (χ3v) is 5.18. The fraction of sp³-hybridized carbons (Fsp3) is 0.316. The van der Waals surface area contributed by atoms with Crippen molar-refractivity contribution >= 4 is 21.6 Å². The number of sulfonamides is 1. The molecule has 0 aliphatic carbocycles. The Morgan fingerprint density at radius 3 is 2.36 bits per heavy atom. The summed E-state index contributed by atoms with van der Waals surface area (Å²) in [5.74, 6) is -2.26. The molecule has 2 rings (SSSR count). The van der Waals surface area contributed by atoms with Crippen LogP contribution in [0.3, 0.4) is 0 Å². The Labute approximate surface area is 163 Å². The van der Waals surface area contributed by atoms with Gasteiger partial charge in [0.2, 0.25) is 15.9 Å². The van der Waals surface area contributed by atoms with Gasteiger partial charge in [-0.3, -0.25) is 9.10 Å². The van der Waals surface area contributed by atoms with E-state index in [1.807, 2.05) is 19.1 Å². The number of hydrogen-bond acceptors (Lipinski definition) is 4. The summed E-state index contributed by atoms with van der Waals surface area (Å²) in [4.78, 5) is 12.4. The molecule has 2 aromatic rings. The first-order chi connectivity index (χ1) is 13.1. The van der Waals surface area contributed by atoms with Crippen molar-refractivity contribution in [1.82, 2.24) is 5.32 Å². The van der Waals surface area contributed by atoms with Crippen molar-refractivity contribution in [1.29, 1.82) is 0 Å². The highest BCUT2D eigenvalue weighted by Gasteiger charge is 2.29. The molecule has 0 bridgehead atoms. The molecule has 0 aromatic heterocycles. The third-order valence-electron chi connectivity index (χ3n) is 3.94. The van der Waals surface area contributed by atoms with Crippen LogP contribution in [0.25, 0.3) is 0 Å². The lowest BCUT2D eigenvalue weighted by atomic mass is 10.2. The highest BCUT2D eigenvalue weighted by Crippen LogP contribution is 2.23. The van der Waals surface area contributed by atoms with Crippen molar-refractivity contribution in [3.8, 4) is 5.75 Å². The number of ether oxygens (including phenoxy) is 1. The number of carbonyl (C=O) groups is 1. The molecule has 28 heavy (non-hydrogen) atoms. The number of aryl methyl sites for hydroxylation is 1. The van der Waals surface area contributed by atoms with Crippen LogP contribution in [0.5, 0.6) is 5.75 Å². The average molecular weight is 412 g/mol. The zero-order valence-electron chi connectivity index (χ0n) is 15.8. The molecule has 0 fully saturated rings. The molecular weight excluding hydrogens is 390 g/mol. The maximum absolute atomic E-state index is 13.5. The first-order valence-corrected chi connectivity index (χ1v) is 10.4. The summed E-state index contributed by atoms with van der Waals surface area (Å²) in [5, 5.41) is 2.57. The number of amides is 1. The Hall–Kier alpha value is -2.68. The van der Waals surface area contributed by atoms with Gasteiger partial charge >= 0.3 is 0 Å². The first-order valence-electron chi connectivity index (χ1n) is 8.51. The number of halogens is 2. The van der Waals surface area contributed by atoms with Gasteiger partial charge in [0, 0.05) is 6.07 Å². The highest BCUT2D eigenvalue weighted by molar-refractivity contribution is 7.92. The second-order valence-electron chi connectivity index (χ2n) is 6.29. The van der Waals surface area contributed by atoms with Gasteiger partial charge in [-0.15, -0.1) is 0 Å². The van der Waals surface area contributed by atoms with E-state index in [0.717, 1.165) is 34.3 Å². The average Bonchev–Trinajstić information content (AvgIpc) is 2.62. The normalized spacial score (nSPS) is 12.3. The molecule has 0 aliphatic heterocycles. The van der Waals surface area contributed by atoms with Gasteiger partial charge in [-0.2, -0.15) is 0 Å². The third kappa shape index (κ3) is 5.66. The fourth-order valence-electron chi connectivity index (χ4n) is 2.56. The molecule has 1 N–H and O–H groups in total. The smallest absolute Gasteiger partial charge is 0.243 e. The fourth-order valence-corrected chi connectivity index (χ4v) is 3.72. The van der Waals surface area contributed by atoms with Gasteiger partial charge in [-0.1, -0.05) is 17.7 Å². The summed E-state index contributed by atoms with van der Waals surface area (Å²) in [6.45, 7) is 3.64. The van der Waals surface area contributed by atoms with E-state index >= 15 is 0 Å². The quantitative estimate of drug-likeness (QED) is 0.677. The van der Waals surface area contributed by atoms with Crippen LogP contribution in [-0.4, -0.2) is 39.8 Å². The summed E-state index contributed by atoms with van der Waals surface area (Å²) < 4.78 is 57.1. The van der Waals surface area contributed by atoms with Crippen LogP contribution in [0.1, 0.15) is 12.5 Å². The lowest BCUT2D eigenvalue weighted by Crippen LogP contribution is -2.48. The first kappa shape index (κ1) is 21.6. The molecule has 0 aliphatic rings. The van der Waals surface area contributed by atoms with Gasteiger partial charge < -0.3 is 10.1 Å². The second-order valence-corrected chi connectivity index (χ2v) is 8.15. The maximum Gasteiger partial charge on any atom is 0.243 e. The van der Waals surface area contributed by atoms with Crippen molar-refractivity contribution in [2.24, 2.45) is 0 Å². The number of anilines is 1. The minimum atomic E-state index is -3.92. The molecule has 0 radical (unpaired) electrons. The molecule has 0 heterocycles. The lowest BCUT2D eigenvalue weighted by Gasteiger charge is -2.28. The van der Waals surface area contributed by atoms with Crippen LogP contribution in [0.2, 0.25) is 0 Å². The van der Waals surface area contributed by atoms with E-state index in [-0.39, 0.29) is 18.8 Å². The number of hydrogen-bond donors (Lipinski definition) is 1. The SMILES string of the molecule is Cc1ccc(OCCNC(=O)[C@H](C)N(c2ccc(F)c(F)c2)S(C)(=O)=O)cc1.